The van der Waals surface area contributed by atoms with Crippen LogP contribution in [0.25, 0.3) is 0 Å². The first-order valence-corrected chi connectivity index (χ1v) is 5.92. The van der Waals surface area contributed by atoms with Crippen molar-refractivity contribution in [2.24, 2.45) is 5.73 Å². The second kappa shape index (κ2) is 5.41. The van der Waals surface area contributed by atoms with Crippen LogP contribution in [0.4, 0.5) is 4.39 Å². The summed E-state index contributed by atoms with van der Waals surface area (Å²) in [5.41, 5.74) is 6.59. The average molecular weight is 222 g/mol. The number of rotatable bonds is 3. The van der Waals surface area contributed by atoms with Crippen molar-refractivity contribution in [3.05, 3.63) is 35.9 Å². The molecular formula is C13H19FN2. The zero-order chi connectivity index (χ0) is 11.4. The number of benzene rings is 1. The summed E-state index contributed by atoms with van der Waals surface area (Å²) in [6, 6.07) is 9.69. The molecule has 1 atom stereocenters. The second-order valence-electron chi connectivity index (χ2n) is 4.52. The average Bonchev–Trinajstić information content (AvgIpc) is 2.33. The number of alkyl halides is 1. The largest absolute Gasteiger partial charge is 0.328 e. The lowest BCUT2D eigenvalue weighted by Crippen LogP contribution is -2.40. The van der Waals surface area contributed by atoms with Gasteiger partial charge in [0.25, 0.3) is 0 Å². The Kier molecular flexibility index (Phi) is 3.91. The van der Waals surface area contributed by atoms with E-state index in [4.69, 9.17) is 5.73 Å². The van der Waals surface area contributed by atoms with Gasteiger partial charge in [0, 0.05) is 12.6 Å². The molecule has 1 aromatic carbocycles. The molecule has 0 aromatic heterocycles. The van der Waals surface area contributed by atoms with Gasteiger partial charge in [0.2, 0.25) is 0 Å². The van der Waals surface area contributed by atoms with Crippen molar-refractivity contribution in [1.82, 2.24) is 4.90 Å². The van der Waals surface area contributed by atoms with E-state index in [1.54, 1.807) is 0 Å². The zero-order valence-corrected chi connectivity index (χ0v) is 9.48. The summed E-state index contributed by atoms with van der Waals surface area (Å²) in [4.78, 5) is 2.17. The van der Waals surface area contributed by atoms with Gasteiger partial charge in [-0.2, -0.15) is 0 Å². The van der Waals surface area contributed by atoms with E-state index in [0.29, 0.717) is 12.6 Å². The fourth-order valence-electron chi connectivity index (χ4n) is 2.13. The molecule has 2 nitrogen and oxygen atoms in total. The first kappa shape index (κ1) is 11.6. The molecule has 0 bridgehead atoms. The molecular weight excluding hydrogens is 203 g/mol. The van der Waals surface area contributed by atoms with Crippen LogP contribution < -0.4 is 5.73 Å². The zero-order valence-electron chi connectivity index (χ0n) is 9.48. The molecule has 0 aliphatic carbocycles. The summed E-state index contributed by atoms with van der Waals surface area (Å²) in [6.45, 7) is 2.35. The van der Waals surface area contributed by atoms with Crippen LogP contribution in [0, 0.1) is 0 Å². The Labute approximate surface area is 96.2 Å². The Morgan fingerprint density at radius 2 is 1.88 bits per heavy atom. The quantitative estimate of drug-likeness (QED) is 0.848. The van der Waals surface area contributed by atoms with Gasteiger partial charge in [-0.3, -0.25) is 4.90 Å². The smallest absolute Gasteiger partial charge is 0.138 e. The third-order valence-corrected chi connectivity index (χ3v) is 3.21. The van der Waals surface area contributed by atoms with Crippen molar-refractivity contribution in [1.29, 1.82) is 0 Å². The number of likely N-dealkylation sites (tertiary alicyclic amines) is 1. The summed E-state index contributed by atoms with van der Waals surface area (Å²) >= 11 is 0. The van der Waals surface area contributed by atoms with E-state index in [2.05, 4.69) is 4.90 Å². The summed E-state index contributed by atoms with van der Waals surface area (Å²) in [7, 11) is 0. The van der Waals surface area contributed by atoms with E-state index in [-0.39, 0.29) is 0 Å². The predicted molar refractivity (Wildman–Crippen MR) is 63.9 cm³/mol. The molecule has 1 aliphatic rings. The first-order chi connectivity index (χ1) is 7.75. The number of piperidine rings is 1. The van der Waals surface area contributed by atoms with Crippen LogP contribution in [0.2, 0.25) is 0 Å². The Balaban J connectivity index is 1.86. The van der Waals surface area contributed by atoms with Crippen LogP contribution in [-0.4, -0.2) is 30.6 Å². The lowest BCUT2D eigenvalue weighted by atomic mass is 10.0. The second-order valence-corrected chi connectivity index (χ2v) is 4.52. The van der Waals surface area contributed by atoms with Crippen LogP contribution in [0.5, 0.6) is 0 Å². The van der Waals surface area contributed by atoms with Crippen LogP contribution in [0.1, 0.15) is 24.6 Å². The molecule has 88 valence electrons. The minimum atomic E-state index is -0.879. The molecule has 0 saturated carbocycles. The van der Waals surface area contributed by atoms with Crippen LogP contribution in [-0.2, 0) is 0 Å². The van der Waals surface area contributed by atoms with Crippen molar-refractivity contribution < 1.29 is 4.39 Å². The maximum atomic E-state index is 13.9. The number of hydrogen-bond acceptors (Lipinski definition) is 2. The monoisotopic (exact) mass is 222 g/mol. The summed E-state index contributed by atoms with van der Waals surface area (Å²) in [5, 5.41) is 0. The predicted octanol–water partition coefficient (Wildman–Crippen LogP) is 2.12. The number of halogens is 1. The Hall–Kier alpha value is -0.930. The topological polar surface area (TPSA) is 29.3 Å². The van der Waals surface area contributed by atoms with Gasteiger partial charge < -0.3 is 5.73 Å². The maximum Gasteiger partial charge on any atom is 0.138 e. The lowest BCUT2D eigenvalue weighted by Gasteiger charge is -2.30. The van der Waals surface area contributed by atoms with Crippen molar-refractivity contribution in [3.63, 3.8) is 0 Å². The fourth-order valence-corrected chi connectivity index (χ4v) is 2.13. The number of hydrogen-bond donors (Lipinski definition) is 1. The van der Waals surface area contributed by atoms with E-state index in [1.807, 2.05) is 30.3 Å². The molecule has 16 heavy (non-hydrogen) atoms. The van der Waals surface area contributed by atoms with E-state index >= 15 is 0 Å². The highest BCUT2D eigenvalue weighted by molar-refractivity contribution is 5.17. The third kappa shape index (κ3) is 3.03. The highest BCUT2D eigenvalue weighted by Gasteiger charge is 2.19. The summed E-state index contributed by atoms with van der Waals surface area (Å²) in [6.07, 6.45) is 1.10. The van der Waals surface area contributed by atoms with Gasteiger partial charge in [0.15, 0.2) is 0 Å². The molecule has 1 aliphatic heterocycles. The Bertz CT molecular complexity index is 307. The van der Waals surface area contributed by atoms with Crippen molar-refractivity contribution >= 4 is 0 Å². The fraction of sp³-hybridized carbons (Fsp3) is 0.538. The van der Waals surface area contributed by atoms with E-state index in [1.165, 1.54) is 0 Å². The third-order valence-electron chi connectivity index (χ3n) is 3.21. The highest BCUT2D eigenvalue weighted by Crippen LogP contribution is 2.20. The van der Waals surface area contributed by atoms with Gasteiger partial charge in [-0.1, -0.05) is 30.3 Å². The molecule has 1 unspecified atom stereocenters. The Morgan fingerprint density at radius 3 is 2.50 bits per heavy atom. The molecule has 0 spiro atoms. The maximum absolute atomic E-state index is 13.9. The van der Waals surface area contributed by atoms with Crippen molar-refractivity contribution in [3.8, 4) is 0 Å². The van der Waals surface area contributed by atoms with Crippen molar-refractivity contribution in [2.75, 3.05) is 19.6 Å². The molecule has 1 saturated heterocycles. The molecule has 1 aromatic rings. The van der Waals surface area contributed by atoms with Crippen LogP contribution >= 0.6 is 0 Å². The first-order valence-electron chi connectivity index (χ1n) is 5.92. The number of nitrogens with two attached hydrogens (primary N) is 1. The van der Waals surface area contributed by atoms with Crippen LogP contribution in [0.3, 0.4) is 0 Å². The molecule has 0 amide bonds. The SMILES string of the molecule is NC1CCN(CC(F)c2ccccc2)CC1. The molecule has 2 N–H and O–H groups in total. The standard InChI is InChI=1S/C13H19FN2/c14-13(11-4-2-1-3-5-11)10-16-8-6-12(15)7-9-16/h1-5,12-13H,6-10,15H2. The lowest BCUT2D eigenvalue weighted by molar-refractivity contribution is 0.159. The summed E-state index contributed by atoms with van der Waals surface area (Å²) < 4.78 is 13.9. The molecule has 2 rings (SSSR count). The van der Waals surface area contributed by atoms with Gasteiger partial charge in [-0.15, -0.1) is 0 Å². The minimum Gasteiger partial charge on any atom is -0.328 e. The van der Waals surface area contributed by atoms with Gasteiger partial charge in [0.05, 0.1) is 0 Å². The summed E-state index contributed by atoms with van der Waals surface area (Å²) in [5.74, 6) is 0. The number of nitrogens with zero attached hydrogens (tertiary/aromatic N) is 1. The van der Waals surface area contributed by atoms with E-state index in [9.17, 15) is 4.39 Å². The Morgan fingerprint density at radius 1 is 1.25 bits per heavy atom. The van der Waals surface area contributed by atoms with E-state index in [0.717, 1.165) is 31.5 Å². The van der Waals surface area contributed by atoms with Gasteiger partial charge in [0.1, 0.15) is 6.17 Å². The van der Waals surface area contributed by atoms with Crippen LogP contribution in [0.15, 0.2) is 30.3 Å². The van der Waals surface area contributed by atoms with Gasteiger partial charge in [-0.25, -0.2) is 4.39 Å². The molecule has 1 heterocycles. The highest BCUT2D eigenvalue weighted by atomic mass is 19.1. The minimum absolute atomic E-state index is 0.311. The van der Waals surface area contributed by atoms with Gasteiger partial charge in [-0.05, 0) is 31.5 Å². The van der Waals surface area contributed by atoms with Crippen molar-refractivity contribution in [2.45, 2.75) is 25.1 Å². The van der Waals surface area contributed by atoms with Gasteiger partial charge >= 0.3 is 0 Å². The molecule has 3 heteroatoms. The molecule has 1 fully saturated rings. The van der Waals surface area contributed by atoms with E-state index < -0.39 is 6.17 Å². The molecule has 0 radical (unpaired) electrons. The normalized spacial score (nSPS) is 20.9.